The summed E-state index contributed by atoms with van der Waals surface area (Å²) in [6.45, 7) is 0. The monoisotopic (exact) mass is 281 g/mol. The number of hydrogen-bond acceptors (Lipinski definition) is 3. The molecular formula is C18H19NO2. The number of carbonyl (C=O) groups is 1. The standard InChI is InChI=1S/C18H19NO2/c1-21-18-8-3-2-5-13(18)9-10-14-11-12-15-16(19-14)6-4-7-17(15)20/h2-3,5,8,11-12H,4,6-7,9-10H2,1H3. The van der Waals surface area contributed by atoms with Crippen LogP contribution in [0.5, 0.6) is 5.75 Å². The minimum absolute atomic E-state index is 0.236. The van der Waals surface area contributed by atoms with Gasteiger partial charge >= 0.3 is 0 Å². The molecule has 3 rings (SSSR count). The van der Waals surface area contributed by atoms with Gasteiger partial charge in [-0.25, -0.2) is 0 Å². The van der Waals surface area contributed by atoms with Gasteiger partial charge in [0.05, 0.1) is 12.8 Å². The van der Waals surface area contributed by atoms with Crippen molar-refractivity contribution in [3.8, 4) is 5.75 Å². The maximum absolute atomic E-state index is 11.8. The third-order valence-corrected chi connectivity index (χ3v) is 3.99. The van der Waals surface area contributed by atoms with Crippen LogP contribution in [0.15, 0.2) is 36.4 Å². The highest BCUT2D eigenvalue weighted by Gasteiger charge is 2.18. The Kier molecular flexibility index (Phi) is 4.00. The van der Waals surface area contributed by atoms with Crippen molar-refractivity contribution in [3.63, 3.8) is 0 Å². The molecule has 0 bridgehead atoms. The van der Waals surface area contributed by atoms with E-state index in [-0.39, 0.29) is 5.78 Å². The number of benzene rings is 1. The number of ether oxygens (including phenoxy) is 1. The highest BCUT2D eigenvalue weighted by Crippen LogP contribution is 2.22. The van der Waals surface area contributed by atoms with Crippen molar-refractivity contribution in [2.24, 2.45) is 0 Å². The van der Waals surface area contributed by atoms with Gasteiger partial charge in [0.25, 0.3) is 0 Å². The van der Waals surface area contributed by atoms with E-state index in [0.29, 0.717) is 6.42 Å². The Morgan fingerprint density at radius 1 is 1.10 bits per heavy atom. The number of fused-ring (bicyclic) bond motifs is 1. The average Bonchev–Trinajstić information content (AvgIpc) is 2.53. The molecule has 108 valence electrons. The summed E-state index contributed by atoms with van der Waals surface area (Å²) in [5, 5.41) is 0. The molecule has 0 saturated heterocycles. The van der Waals surface area contributed by atoms with Crippen LogP contribution in [0.4, 0.5) is 0 Å². The lowest BCUT2D eigenvalue weighted by atomic mass is 9.94. The van der Waals surface area contributed by atoms with Crippen LogP contribution in [0.3, 0.4) is 0 Å². The van der Waals surface area contributed by atoms with Crippen LogP contribution in [0.2, 0.25) is 0 Å². The molecule has 0 radical (unpaired) electrons. The molecule has 0 N–H and O–H groups in total. The van der Waals surface area contributed by atoms with Gasteiger partial charge in [-0.15, -0.1) is 0 Å². The molecule has 1 aromatic carbocycles. The highest BCUT2D eigenvalue weighted by atomic mass is 16.5. The molecule has 0 amide bonds. The number of nitrogens with zero attached hydrogens (tertiary/aromatic N) is 1. The maximum atomic E-state index is 11.8. The quantitative estimate of drug-likeness (QED) is 0.862. The molecule has 1 aliphatic rings. The van der Waals surface area contributed by atoms with Crippen molar-refractivity contribution in [2.45, 2.75) is 32.1 Å². The van der Waals surface area contributed by atoms with Gasteiger partial charge in [0, 0.05) is 17.7 Å². The first-order chi connectivity index (χ1) is 10.3. The van der Waals surface area contributed by atoms with Crippen LogP contribution >= 0.6 is 0 Å². The molecule has 0 saturated carbocycles. The molecule has 1 aliphatic carbocycles. The number of carbonyl (C=O) groups excluding carboxylic acids is 1. The van der Waals surface area contributed by atoms with Gasteiger partial charge in [0.2, 0.25) is 0 Å². The number of rotatable bonds is 4. The molecular weight excluding hydrogens is 262 g/mol. The zero-order valence-electron chi connectivity index (χ0n) is 12.3. The number of Topliss-reactive ketones (excluding diaryl/α,β-unsaturated/α-hetero) is 1. The van der Waals surface area contributed by atoms with E-state index >= 15 is 0 Å². The van der Waals surface area contributed by atoms with Gasteiger partial charge in [-0.3, -0.25) is 9.78 Å². The number of aromatic nitrogens is 1. The Morgan fingerprint density at radius 3 is 2.81 bits per heavy atom. The van der Waals surface area contributed by atoms with Crippen molar-refractivity contribution >= 4 is 5.78 Å². The minimum atomic E-state index is 0.236. The van der Waals surface area contributed by atoms with Crippen molar-refractivity contribution in [1.82, 2.24) is 4.98 Å². The number of para-hydroxylation sites is 1. The van der Waals surface area contributed by atoms with Crippen molar-refractivity contribution < 1.29 is 9.53 Å². The first kappa shape index (κ1) is 13.8. The number of hydrogen-bond donors (Lipinski definition) is 0. The number of aryl methyl sites for hydroxylation is 3. The second-order valence-corrected chi connectivity index (χ2v) is 5.39. The summed E-state index contributed by atoms with van der Waals surface area (Å²) >= 11 is 0. The summed E-state index contributed by atoms with van der Waals surface area (Å²) in [5.74, 6) is 1.16. The van der Waals surface area contributed by atoms with Crippen molar-refractivity contribution in [2.75, 3.05) is 7.11 Å². The molecule has 0 spiro atoms. The molecule has 0 unspecified atom stereocenters. The lowest BCUT2D eigenvalue weighted by Crippen LogP contribution is -2.13. The van der Waals surface area contributed by atoms with Gasteiger partial charge in [0.1, 0.15) is 5.75 Å². The summed E-state index contributed by atoms with van der Waals surface area (Å²) in [5.41, 5.74) is 4.04. The summed E-state index contributed by atoms with van der Waals surface area (Å²) in [4.78, 5) is 16.5. The predicted molar refractivity (Wildman–Crippen MR) is 81.9 cm³/mol. The van der Waals surface area contributed by atoms with E-state index in [1.807, 2.05) is 30.3 Å². The lowest BCUT2D eigenvalue weighted by molar-refractivity contribution is 0.0971. The maximum Gasteiger partial charge on any atom is 0.164 e. The van der Waals surface area contributed by atoms with Crippen LogP contribution in [0.1, 0.15) is 40.2 Å². The zero-order chi connectivity index (χ0) is 14.7. The molecule has 2 aromatic rings. The molecule has 3 nitrogen and oxygen atoms in total. The van der Waals surface area contributed by atoms with Crippen LogP contribution < -0.4 is 4.74 Å². The first-order valence-corrected chi connectivity index (χ1v) is 7.42. The SMILES string of the molecule is COc1ccccc1CCc1ccc2c(n1)CCCC2=O. The number of pyridine rings is 1. The van der Waals surface area contributed by atoms with Crippen LogP contribution in [-0.4, -0.2) is 17.9 Å². The van der Waals surface area contributed by atoms with Crippen LogP contribution in [-0.2, 0) is 19.3 Å². The van der Waals surface area contributed by atoms with E-state index in [9.17, 15) is 4.79 Å². The fraction of sp³-hybridized carbons (Fsp3) is 0.333. The molecule has 1 heterocycles. The molecule has 21 heavy (non-hydrogen) atoms. The van der Waals surface area contributed by atoms with Gasteiger partial charge in [-0.1, -0.05) is 18.2 Å². The van der Waals surface area contributed by atoms with Crippen molar-refractivity contribution in [3.05, 3.63) is 58.9 Å². The van der Waals surface area contributed by atoms with Crippen LogP contribution in [0.25, 0.3) is 0 Å². The number of methoxy groups -OCH3 is 1. The Labute approximate surface area is 125 Å². The van der Waals surface area contributed by atoms with E-state index in [1.54, 1.807) is 7.11 Å². The van der Waals surface area contributed by atoms with E-state index in [1.165, 1.54) is 5.56 Å². The Morgan fingerprint density at radius 2 is 1.95 bits per heavy atom. The molecule has 1 aromatic heterocycles. The van der Waals surface area contributed by atoms with E-state index in [2.05, 4.69) is 11.1 Å². The summed E-state index contributed by atoms with van der Waals surface area (Å²) in [7, 11) is 1.70. The Balaban J connectivity index is 1.75. The van der Waals surface area contributed by atoms with Gasteiger partial charge in [-0.2, -0.15) is 0 Å². The predicted octanol–water partition coefficient (Wildman–Crippen LogP) is 3.39. The molecule has 3 heteroatoms. The van der Waals surface area contributed by atoms with Gasteiger partial charge in [0.15, 0.2) is 5.78 Å². The van der Waals surface area contributed by atoms with E-state index in [4.69, 9.17) is 4.74 Å². The first-order valence-electron chi connectivity index (χ1n) is 7.42. The van der Waals surface area contributed by atoms with Crippen molar-refractivity contribution in [1.29, 1.82) is 0 Å². The Bertz CT molecular complexity index is 664. The van der Waals surface area contributed by atoms with Gasteiger partial charge < -0.3 is 4.74 Å². The average molecular weight is 281 g/mol. The molecule has 0 atom stereocenters. The highest BCUT2D eigenvalue weighted by molar-refractivity contribution is 5.97. The lowest BCUT2D eigenvalue weighted by Gasteiger charge is -2.14. The Hall–Kier alpha value is -2.16. The second-order valence-electron chi connectivity index (χ2n) is 5.39. The summed E-state index contributed by atoms with van der Waals surface area (Å²) in [6.07, 6.45) is 4.26. The zero-order valence-corrected chi connectivity index (χ0v) is 12.3. The third-order valence-electron chi connectivity index (χ3n) is 3.99. The largest absolute Gasteiger partial charge is 0.496 e. The smallest absolute Gasteiger partial charge is 0.164 e. The summed E-state index contributed by atoms with van der Waals surface area (Å²) < 4.78 is 5.37. The molecule has 0 aliphatic heterocycles. The van der Waals surface area contributed by atoms with E-state index in [0.717, 1.165) is 48.4 Å². The molecule has 0 fully saturated rings. The van der Waals surface area contributed by atoms with E-state index < -0.39 is 0 Å². The fourth-order valence-electron chi connectivity index (χ4n) is 2.85. The normalized spacial score (nSPS) is 13.9. The minimum Gasteiger partial charge on any atom is -0.496 e. The van der Waals surface area contributed by atoms with Crippen LogP contribution in [0, 0.1) is 0 Å². The second kappa shape index (κ2) is 6.08. The fourth-order valence-corrected chi connectivity index (χ4v) is 2.85. The topological polar surface area (TPSA) is 39.2 Å². The van der Waals surface area contributed by atoms with Gasteiger partial charge in [-0.05, 0) is 49.4 Å². The summed E-state index contributed by atoms with van der Waals surface area (Å²) in [6, 6.07) is 12.0. The third kappa shape index (κ3) is 2.97. The number of ketones is 1.